The molecule has 0 unspecified atom stereocenters. The average molecular weight is 241 g/mol. The van der Waals surface area contributed by atoms with Gasteiger partial charge in [-0.15, -0.1) is 0 Å². The fourth-order valence-corrected chi connectivity index (χ4v) is 2.36. The Morgan fingerprint density at radius 2 is 1.88 bits per heavy atom. The molecule has 0 aromatic carbocycles. The van der Waals surface area contributed by atoms with E-state index in [1.165, 1.54) is 13.5 Å². The van der Waals surface area contributed by atoms with E-state index < -0.39 is 0 Å². The third-order valence-electron chi connectivity index (χ3n) is 3.46. The van der Waals surface area contributed by atoms with E-state index in [0.717, 1.165) is 25.7 Å². The summed E-state index contributed by atoms with van der Waals surface area (Å²) in [6.07, 6.45) is 5.87. The van der Waals surface area contributed by atoms with Gasteiger partial charge < -0.3 is 9.64 Å². The van der Waals surface area contributed by atoms with Crippen molar-refractivity contribution in [3.63, 3.8) is 0 Å². The van der Waals surface area contributed by atoms with E-state index in [4.69, 9.17) is 0 Å². The number of esters is 1. The highest BCUT2D eigenvalue weighted by molar-refractivity contribution is 5.79. The SMILES string of the molecule is CCN(CCC(=O)OC)C(=O)C1CCCCC1. The fourth-order valence-electron chi connectivity index (χ4n) is 2.36. The van der Waals surface area contributed by atoms with Crippen molar-refractivity contribution in [2.45, 2.75) is 45.4 Å². The van der Waals surface area contributed by atoms with E-state index in [-0.39, 0.29) is 17.8 Å². The number of hydrogen-bond acceptors (Lipinski definition) is 3. The van der Waals surface area contributed by atoms with Crippen LogP contribution in [0.4, 0.5) is 0 Å². The first-order chi connectivity index (χ1) is 8.19. The quantitative estimate of drug-likeness (QED) is 0.691. The molecule has 1 rings (SSSR count). The highest BCUT2D eigenvalue weighted by Gasteiger charge is 2.25. The van der Waals surface area contributed by atoms with Crippen LogP contribution in [0.15, 0.2) is 0 Å². The van der Waals surface area contributed by atoms with Gasteiger partial charge in [0, 0.05) is 19.0 Å². The molecule has 0 spiro atoms. The Labute approximate surface area is 103 Å². The van der Waals surface area contributed by atoms with Crippen molar-refractivity contribution in [2.24, 2.45) is 5.92 Å². The number of hydrogen-bond donors (Lipinski definition) is 0. The van der Waals surface area contributed by atoms with E-state index >= 15 is 0 Å². The van der Waals surface area contributed by atoms with Gasteiger partial charge in [0.1, 0.15) is 0 Å². The minimum absolute atomic E-state index is 0.182. The summed E-state index contributed by atoms with van der Waals surface area (Å²) in [6, 6.07) is 0. The second kappa shape index (κ2) is 7.30. The summed E-state index contributed by atoms with van der Waals surface area (Å²) >= 11 is 0. The molecule has 1 fully saturated rings. The van der Waals surface area contributed by atoms with Gasteiger partial charge >= 0.3 is 5.97 Å². The normalized spacial score (nSPS) is 16.6. The molecule has 0 bridgehead atoms. The summed E-state index contributed by atoms with van der Waals surface area (Å²) in [6.45, 7) is 3.11. The van der Waals surface area contributed by atoms with Crippen molar-refractivity contribution in [3.8, 4) is 0 Å². The van der Waals surface area contributed by atoms with Crippen LogP contribution in [-0.2, 0) is 14.3 Å². The molecule has 1 aliphatic rings. The van der Waals surface area contributed by atoms with Gasteiger partial charge in [-0.05, 0) is 19.8 Å². The van der Waals surface area contributed by atoms with Crippen LogP contribution in [0.2, 0.25) is 0 Å². The van der Waals surface area contributed by atoms with E-state index in [9.17, 15) is 9.59 Å². The van der Waals surface area contributed by atoms with Gasteiger partial charge in [-0.2, -0.15) is 0 Å². The molecule has 4 heteroatoms. The molecule has 1 amide bonds. The average Bonchev–Trinajstić information content (AvgIpc) is 2.39. The van der Waals surface area contributed by atoms with Crippen LogP contribution in [0.5, 0.6) is 0 Å². The highest BCUT2D eigenvalue weighted by atomic mass is 16.5. The lowest BCUT2D eigenvalue weighted by Gasteiger charge is -2.28. The summed E-state index contributed by atoms with van der Waals surface area (Å²) in [5.41, 5.74) is 0. The van der Waals surface area contributed by atoms with E-state index in [2.05, 4.69) is 4.74 Å². The van der Waals surface area contributed by atoms with Crippen LogP contribution >= 0.6 is 0 Å². The van der Waals surface area contributed by atoms with Crippen LogP contribution < -0.4 is 0 Å². The summed E-state index contributed by atoms with van der Waals surface area (Å²) in [5.74, 6) is 0.150. The van der Waals surface area contributed by atoms with Gasteiger partial charge in [-0.25, -0.2) is 0 Å². The van der Waals surface area contributed by atoms with Crippen molar-refractivity contribution in [1.82, 2.24) is 4.90 Å². The largest absolute Gasteiger partial charge is 0.469 e. The smallest absolute Gasteiger partial charge is 0.307 e. The lowest BCUT2D eigenvalue weighted by atomic mass is 9.88. The van der Waals surface area contributed by atoms with Gasteiger partial charge in [-0.3, -0.25) is 9.59 Å². The lowest BCUT2D eigenvalue weighted by Crippen LogP contribution is -2.38. The maximum atomic E-state index is 12.2. The second-order valence-electron chi connectivity index (χ2n) is 4.58. The Bertz CT molecular complexity index is 259. The zero-order chi connectivity index (χ0) is 12.7. The first-order valence-electron chi connectivity index (χ1n) is 6.54. The molecule has 0 aliphatic heterocycles. The summed E-state index contributed by atoms with van der Waals surface area (Å²) in [5, 5.41) is 0. The first-order valence-corrected chi connectivity index (χ1v) is 6.54. The Morgan fingerprint density at radius 3 is 2.41 bits per heavy atom. The van der Waals surface area contributed by atoms with Crippen LogP contribution in [0, 0.1) is 5.92 Å². The first kappa shape index (κ1) is 14.0. The van der Waals surface area contributed by atoms with Crippen LogP contribution in [-0.4, -0.2) is 37.0 Å². The van der Waals surface area contributed by atoms with Gasteiger partial charge in [-0.1, -0.05) is 19.3 Å². The van der Waals surface area contributed by atoms with Crippen LogP contribution in [0.3, 0.4) is 0 Å². The monoisotopic (exact) mass is 241 g/mol. The zero-order valence-electron chi connectivity index (χ0n) is 10.9. The number of amides is 1. The Morgan fingerprint density at radius 1 is 1.24 bits per heavy atom. The minimum Gasteiger partial charge on any atom is -0.469 e. The Balaban J connectivity index is 2.42. The van der Waals surface area contributed by atoms with Gasteiger partial charge in [0.15, 0.2) is 0 Å². The topological polar surface area (TPSA) is 46.6 Å². The third-order valence-corrected chi connectivity index (χ3v) is 3.46. The standard InChI is InChI=1S/C13H23NO3/c1-3-14(10-9-12(15)17-2)13(16)11-7-5-4-6-8-11/h11H,3-10H2,1-2H3. The lowest BCUT2D eigenvalue weighted by molar-refractivity contribution is -0.142. The maximum Gasteiger partial charge on any atom is 0.307 e. The molecule has 98 valence electrons. The molecule has 0 aromatic heterocycles. The van der Waals surface area contributed by atoms with Crippen molar-refractivity contribution >= 4 is 11.9 Å². The highest BCUT2D eigenvalue weighted by Crippen LogP contribution is 2.25. The number of carbonyl (C=O) groups is 2. The predicted molar refractivity (Wildman–Crippen MR) is 65.5 cm³/mol. The Kier molecular flexibility index (Phi) is 6.01. The van der Waals surface area contributed by atoms with Crippen LogP contribution in [0.1, 0.15) is 45.4 Å². The van der Waals surface area contributed by atoms with E-state index in [1.54, 1.807) is 4.90 Å². The number of carbonyl (C=O) groups excluding carboxylic acids is 2. The van der Waals surface area contributed by atoms with Crippen LogP contribution in [0.25, 0.3) is 0 Å². The van der Waals surface area contributed by atoms with Crippen molar-refractivity contribution in [3.05, 3.63) is 0 Å². The molecule has 4 nitrogen and oxygen atoms in total. The molecule has 0 saturated heterocycles. The maximum absolute atomic E-state index is 12.2. The minimum atomic E-state index is -0.250. The Hall–Kier alpha value is -1.06. The fraction of sp³-hybridized carbons (Fsp3) is 0.846. The molecule has 0 N–H and O–H groups in total. The number of methoxy groups -OCH3 is 1. The van der Waals surface area contributed by atoms with E-state index in [0.29, 0.717) is 19.5 Å². The van der Waals surface area contributed by atoms with Crippen molar-refractivity contribution < 1.29 is 14.3 Å². The molecule has 0 radical (unpaired) electrons. The second-order valence-corrected chi connectivity index (χ2v) is 4.58. The van der Waals surface area contributed by atoms with E-state index in [1.807, 2.05) is 6.92 Å². The predicted octanol–water partition coefficient (Wildman–Crippen LogP) is 1.98. The molecule has 17 heavy (non-hydrogen) atoms. The number of nitrogens with zero attached hydrogens (tertiary/aromatic N) is 1. The summed E-state index contributed by atoms with van der Waals surface area (Å²) in [4.78, 5) is 25.1. The number of rotatable bonds is 5. The third kappa shape index (κ3) is 4.36. The molecule has 1 aliphatic carbocycles. The van der Waals surface area contributed by atoms with Gasteiger partial charge in [0.25, 0.3) is 0 Å². The molecule has 0 atom stereocenters. The summed E-state index contributed by atoms with van der Waals surface area (Å²) in [7, 11) is 1.38. The molecular weight excluding hydrogens is 218 g/mol. The zero-order valence-corrected chi connectivity index (χ0v) is 10.9. The number of ether oxygens (including phenoxy) is 1. The van der Waals surface area contributed by atoms with Crippen molar-refractivity contribution in [1.29, 1.82) is 0 Å². The summed E-state index contributed by atoms with van der Waals surface area (Å²) < 4.78 is 4.59. The van der Waals surface area contributed by atoms with Gasteiger partial charge in [0.2, 0.25) is 5.91 Å². The van der Waals surface area contributed by atoms with Crippen molar-refractivity contribution in [2.75, 3.05) is 20.2 Å². The molecule has 1 saturated carbocycles. The molecule has 0 aromatic rings. The van der Waals surface area contributed by atoms with Gasteiger partial charge in [0.05, 0.1) is 13.5 Å². The molecular formula is C13H23NO3. The molecule has 0 heterocycles.